The van der Waals surface area contributed by atoms with Gasteiger partial charge in [-0.3, -0.25) is 10.1 Å². The summed E-state index contributed by atoms with van der Waals surface area (Å²) in [5.74, 6) is -0.508. The zero-order valence-electron chi connectivity index (χ0n) is 13.2. The Hall–Kier alpha value is -2.80. The van der Waals surface area contributed by atoms with Crippen molar-refractivity contribution in [1.82, 2.24) is 4.98 Å². The maximum absolute atomic E-state index is 12.3. The fourth-order valence-electron chi connectivity index (χ4n) is 2.17. The van der Waals surface area contributed by atoms with Crippen LogP contribution in [-0.4, -0.2) is 17.5 Å². The first-order chi connectivity index (χ1) is 12.0. The van der Waals surface area contributed by atoms with E-state index in [0.717, 1.165) is 16.8 Å². The Kier molecular flexibility index (Phi) is 5.04. The first-order valence-corrected chi connectivity index (χ1v) is 8.28. The maximum Gasteiger partial charge on any atom is 0.387 e. The van der Waals surface area contributed by atoms with Gasteiger partial charge in [0, 0.05) is 16.5 Å². The average Bonchev–Trinajstić information content (AvgIpc) is 3.03. The normalized spacial score (nSPS) is 10.7. The van der Waals surface area contributed by atoms with E-state index >= 15 is 0 Å². The van der Waals surface area contributed by atoms with Gasteiger partial charge in [0.25, 0.3) is 5.91 Å². The van der Waals surface area contributed by atoms with Crippen LogP contribution in [0.4, 0.5) is 13.9 Å². The number of nitrogens with zero attached hydrogens (tertiary/aromatic N) is 1. The highest BCUT2D eigenvalue weighted by atomic mass is 32.1. The predicted octanol–water partition coefficient (Wildman–Crippen LogP) is 4.97. The molecule has 1 N–H and O–H groups in total. The molecule has 0 atom stereocenters. The van der Waals surface area contributed by atoms with E-state index < -0.39 is 12.5 Å². The van der Waals surface area contributed by atoms with Crippen LogP contribution in [0, 0.1) is 6.92 Å². The fourth-order valence-corrected chi connectivity index (χ4v) is 2.89. The van der Waals surface area contributed by atoms with E-state index in [9.17, 15) is 13.6 Å². The first kappa shape index (κ1) is 17.0. The molecule has 0 saturated heterocycles. The zero-order chi connectivity index (χ0) is 17.8. The Morgan fingerprint density at radius 1 is 1.20 bits per heavy atom. The van der Waals surface area contributed by atoms with Crippen molar-refractivity contribution in [2.45, 2.75) is 13.5 Å². The third-order valence-electron chi connectivity index (χ3n) is 3.39. The van der Waals surface area contributed by atoms with Gasteiger partial charge in [0.2, 0.25) is 0 Å². The Morgan fingerprint density at radius 3 is 2.68 bits per heavy atom. The summed E-state index contributed by atoms with van der Waals surface area (Å²) in [5.41, 5.74) is 3.08. The van der Waals surface area contributed by atoms with E-state index in [1.54, 1.807) is 0 Å². The van der Waals surface area contributed by atoms with Gasteiger partial charge >= 0.3 is 6.61 Å². The molecule has 0 bridgehead atoms. The summed E-state index contributed by atoms with van der Waals surface area (Å²) in [6.45, 7) is -0.933. The van der Waals surface area contributed by atoms with Gasteiger partial charge in [-0.05, 0) is 25.1 Å². The Labute approximate surface area is 147 Å². The molecule has 1 amide bonds. The van der Waals surface area contributed by atoms with Gasteiger partial charge in [-0.2, -0.15) is 8.78 Å². The minimum atomic E-state index is -2.94. The molecule has 0 aliphatic rings. The van der Waals surface area contributed by atoms with Crippen molar-refractivity contribution in [3.05, 3.63) is 65.0 Å². The van der Waals surface area contributed by atoms with Crippen molar-refractivity contribution >= 4 is 22.4 Å². The Morgan fingerprint density at radius 2 is 1.96 bits per heavy atom. The summed E-state index contributed by atoms with van der Waals surface area (Å²) < 4.78 is 28.8. The van der Waals surface area contributed by atoms with E-state index in [1.165, 1.54) is 35.6 Å². The smallest absolute Gasteiger partial charge is 0.387 e. The number of benzene rings is 2. The van der Waals surface area contributed by atoms with Crippen LogP contribution in [0.2, 0.25) is 0 Å². The molecular formula is C18H14F2N2O2S. The summed E-state index contributed by atoms with van der Waals surface area (Å²) in [7, 11) is 0. The van der Waals surface area contributed by atoms with Crippen LogP contribution in [0.25, 0.3) is 11.3 Å². The Balaban J connectivity index is 1.72. The number of aromatic nitrogens is 1. The van der Waals surface area contributed by atoms with Crippen molar-refractivity contribution < 1.29 is 18.3 Å². The lowest BCUT2D eigenvalue weighted by molar-refractivity contribution is -0.0498. The van der Waals surface area contributed by atoms with Crippen molar-refractivity contribution in [3.8, 4) is 17.0 Å². The van der Waals surface area contributed by atoms with E-state index in [2.05, 4.69) is 15.0 Å². The van der Waals surface area contributed by atoms with Gasteiger partial charge in [0.05, 0.1) is 5.69 Å². The average molecular weight is 360 g/mol. The highest BCUT2D eigenvalue weighted by molar-refractivity contribution is 7.14. The van der Waals surface area contributed by atoms with Gasteiger partial charge in [-0.1, -0.05) is 35.9 Å². The van der Waals surface area contributed by atoms with Gasteiger partial charge in [0.15, 0.2) is 5.13 Å². The number of aryl methyl sites for hydroxylation is 1. The number of carbonyl (C=O) groups is 1. The number of amides is 1. The number of thiazole rings is 1. The molecule has 1 heterocycles. The second kappa shape index (κ2) is 7.40. The standard InChI is InChI=1S/C18H14F2N2O2S/c1-11-5-7-12(8-6-11)15-10-25-18(21-15)22-16(23)13-3-2-4-14(9-13)24-17(19)20/h2-10,17H,1H3,(H,21,22,23). The highest BCUT2D eigenvalue weighted by Gasteiger charge is 2.12. The van der Waals surface area contributed by atoms with Crippen LogP contribution < -0.4 is 10.1 Å². The lowest BCUT2D eigenvalue weighted by Crippen LogP contribution is -2.12. The monoisotopic (exact) mass is 360 g/mol. The molecule has 0 spiro atoms. The molecular weight excluding hydrogens is 346 g/mol. The molecule has 0 aliphatic carbocycles. The summed E-state index contributed by atoms with van der Waals surface area (Å²) in [4.78, 5) is 16.6. The molecule has 1 aromatic heterocycles. The van der Waals surface area contributed by atoms with Crippen molar-refractivity contribution in [2.75, 3.05) is 5.32 Å². The number of hydrogen-bond donors (Lipinski definition) is 1. The number of hydrogen-bond acceptors (Lipinski definition) is 4. The molecule has 3 rings (SSSR count). The third kappa shape index (κ3) is 4.39. The zero-order valence-corrected chi connectivity index (χ0v) is 14.0. The lowest BCUT2D eigenvalue weighted by atomic mass is 10.1. The molecule has 3 aromatic rings. The van der Waals surface area contributed by atoms with Crippen LogP contribution in [0.15, 0.2) is 53.9 Å². The summed E-state index contributed by atoms with van der Waals surface area (Å²) >= 11 is 1.29. The van der Waals surface area contributed by atoms with Crippen molar-refractivity contribution in [2.24, 2.45) is 0 Å². The molecule has 2 aromatic carbocycles. The van der Waals surface area contributed by atoms with E-state index in [-0.39, 0.29) is 11.3 Å². The molecule has 0 radical (unpaired) electrons. The molecule has 0 aliphatic heterocycles. The number of ether oxygens (including phenoxy) is 1. The molecule has 7 heteroatoms. The largest absolute Gasteiger partial charge is 0.435 e. The quantitative estimate of drug-likeness (QED) is 0.699. The summed E-state index contributed by atoms with van der Waals surface area (Å²) in [5, 5.41) is 4.94. The lowest BCUT2D eigenvalue weighted by Gasteiger charge is -2.06. The van der Waals surface area contributed by atoms with Gasteiger partial charge in [0.1, 0.15) is 5.75 Å². The van der Waals surface area contributed by atoms with Gasteiger partial charge in [-0.25, -0.2) is 4.98 Å². The van der Waals surface area contributed by atoms with Crippen LogP contribution >= 0.6 is 11.3 Å². The molecule has 128 valence electrons. The fraction of sp³-hybridized carbons (Fsp3) is 0.111. The number of anilines is 1. The van der Waals surface area contributed by atoms with E-state index in [4.69, 9.17) is 0 Å². The number of alkyl halides is 2. The predicted molar refractivity (Wildman–Crippen MR) is 93.3 cm³/mol. The second-order valence-electron chi connectivity index (χ2n) is 5.26. The number of nitrogens with one attached hydrogen (secondary N) is 1. The number of rotatable bonds is 5. The topological polar surface area (TPSA) is 51.2 Å². The van der Waals surface area contributed by atoms with Crippen LogP contribution in [0.5, 0.6) is 5.75 Å². The number of carbonyl (C=O) groups excluding carboxylic acids is 1. The number of halogens is 2. The third-order valence-corrected chi connectivity index (χ3v) is 4.15. The second-order valence-corrected chi connectivity index (χ2v) is 6.12. The van der Waals surface area contributed by atoms with Crippen molar-refractivity contribution in [1.29, 1.82) is 0 Å². The molecule has 25 heavy (non-hydrogen) atoms. The molecule has 0 fully saturated rings. The van der Waals surface area contributed by atoms with Crippen LogP contribution in [-0.2, 0) is 0 Å². The minimum absolute atomic E-state index is 0.0675. The summed E-state index contributed by atoms with van der Waals surface area (Å²) in [6.07, 6.45) is 0. The Bertz CT molecular complexity index is 879. The SMILES string of the molecule is Cc1ccc(-c2csc(NC(=O)c3cccc(OC(F)F)c3)n2)cc1. The first-order valence-electron chi connectivity index (χ1n) is 7.40. The van der Waals surface area contributed by atoms with Crippen LogP contribution in [0.1, 0.15) is 15.9 Å². The molecule has 0 saturated carbocycles. The van der Waals surface area contributed by atoms with Crippen LogP contribution in [0.3, 0.4) is 0 Å². The van der Waals surface area contributed by atoms with Gasteiger partial charge in [-0.15, -0.1) is 11.3 Å². The highest BCUT2D eigenvalue weighted by Crippen LogP contribution is 2.26. The van der Waals surface area contributed by atoms with Crippen molar-refractivity contribution in [3.63, 3.8) is 0 Å². The van der Waals surface area contributed by atoms with E-state index in [1.807, 2.05) is 36.6 Å². The van der Waals surface area contributed by atoms with E-state index in [0.29, 0.717) is 5.13 Å². The maximum atomic E-state index is 12.3. The molecule has 4 nitrogen and oxygen atoms in total. The summed E-state index contributed by atoms with van der Waals surface area (Å²) in [6, 6.07) is 13.5. The van der Waals surface area contributed by atoms with Gasteiger partial charge < -0.3 is 4.74 Å². The molecule has 0 unspecified atom stereocenters. The minimum Gasteiger partial charge on any atom is -0.435 e.